The zero-order valence-electron chi connectivity index (χ0n) is 15.6. The highest BCUT2D eigenvalue weighted by Crippen LogP contribution is 2.52. The first-order chi connectivity index (χ1) is 11.5. The molecule has 0 atom stereocenters. The van der Waals surface area contributed by atoms with E-state index in [2.05, 4.69) is 13.8 Å². The van der Waals surface area contributed by atoms with Crippen molar-refractivity contribution >= 4 is 7.60 Å². The van der Waals surface area contributed by atoms with Gasteiger partial charge in [-0.2, -0.15) is 0 Å². The van der Waals surface area contributed by atoms with Crippen LogP contribution in [0.4, 0.5) is 0 Å². The first-order valence-electron chi connectivity index (χ1n) is 9.21. The highest BCUT2D eigenvalue weighted by Gasteiger charge is 2.25. The van der Waals surface area contributed by atoms with Crippen molar-refractivity contribution < 1.29 is 18.7 Å². The third-order valence-electron chi connectivity index (χ3n) is 3.73. The number of benzene rings is 1. The molecule has 1 rings (SSSR count). The normalized spacial score (nSPS) is 11.8. The van der Waals surface area contributed by atoms with E-state index >= 15 is 0 Å². The molecule has 0 bridgehead atoms. The second-order valence-corrected chi connectivity index (χ2v) is 8.25. The van der Waals surface area contributed by atoms with Gasteiger partial charge in [-0.15, -0.1) is 0 Å². The van der Waals surface area contributed by atoms with E-state index in [1.54, 1.807) is 0 Å². The summed E-state index contributed by atoms with van der Waals surface area (Å²) in [6.07, 6.45) is 5.41. The first kappa shape index (κ1) is 21.2. The molecule has 1 N–H and O–H groups in total. The van der Waals surface area contributed by atoms with E-state index in [4.69, 9.17) is 9.05 Å². The molecule has 1 aromatic carbocycles. The molecular weight excluding hydrogens is 323 g/mol. The number of aryl methyl sites for hydroxylation is 2. The lowest BCUT2D eigenvalue weighted by molar-refractivity contribution is 0.203. The zero-order valence-corrected chi connectivity index (χ0v) is 16.5. The summed E-state index contributed by atoms with van der Waals surface area (Å²) in [4.78, 5) is 0. The Morgan fingerprint density at radius 1 is 0.875 bits per heavy atom. The lowest BCUT2D eigenvalue weighted by atomic mass is 9.99. The molecule has 5 heteroatoms. The van der Waals surface area contributed by atoms with Crippen LogP contribution in [-0.2, 0) is 32.6 Å². The summed E-state index contributed by atoms with van der Waals surface area (Å²) < 4.78 is 24.2. The quantitative estimate of drug-likeness (QED) is 0.478. The Balaban J connectivity index is 3.09. The van der Waals surface area contributed by atoms with E-state index in [1.807, 2.05) is 26.0 Å². The van der Waals surface area contributed by atoms with Gasteiger partial charge in [0.1, 0.15) is 5.75 Å². The van der Waals surface area contributed by atoms with E-state index in [-0.39, 0.29) is 6.16 Å². The molecule has 0 unspecified atom stereocenters. The smallest absolute Gasteiger partial charge is 0.335 e. The third-order valence-corrected chi connectivity index (χ3v) is 5.63. The van der Waals surface area contributed by atoms with Gasteiger partial charge < -0.3 is 14.2 Å². The monoisotopic (exact) mass is 356 g/mol. The summed E-state index contributed by atoms with van der Waals surface area (Å²) >= 11 is 0. The van der Waals surface area contributed by atoms with Crippen LogP contribution in [0.25, 0.3) is 0 Å². The SMILES string of the molecule is CCCOP(=O)(Cc1cc(CCC)c(O)c(CCC)c1)OCCC. The molecular formula is C19H33O4P. The van der Waals surface area contributed by atoms with Gasteiger partial charge in [-0.3, -0.25) is 4.57 Å². The number of phenols is 1. The van der Waals surface area contributed by atoms with Crippen LogP contribution in [0.1, 0.15) is 70.1 Å². The maximum absolute atomic E-state index is 13.0. The summed E-state index contributed by atoms with van der Waals surface area (Å²) in [7, 11) is -3.15. The molecule has 0 heterocycles. The van der Waals surface area contributed by atoms with Gasteiger partial charge in [0.05, 0.1) is 19.4 Å². The van der Waals surface area contributed by atoms with Crippen LogP contribution >= 0.6 is 7.60 Å². The average Bonchev–Trinajstić information content (AvgIpc) is 2.56. The van der Waals surface area contributed by atoms with Crippen molar-refractivity contribution in [2.24, 2.45) is 0 Å². The molecule has 4 nitrogen and oxygen atoms in total. The molecule has 0 radical (unpaired) electrons. The minimum absolute atomic E-state index is 0.265. The van der Waals surface area contributed by atoms with Gasteiger partial charge in [0, 0.05) is 0 Å². The van der Waals surface area contributed by atoms with Crippen molar-refractivity contribution in [2.75, 3.05) is 13.2 Å². The number of hydrogen-bond donors (Lipinski definition) is 1. The Labute approximate surface area is 147 Å². The fourth-order valence-electron chi connectivity index (χ4n) is 2.66. The van der Waals surface area contributed by atoms with Gasteiger partial charge in [-0.1, -0.05) is 52.7 Å². The van der Waals surface area contributed by atoms with Crippen LogP contribution in [0.5, 0.6) is 5.75 Å². The Morgan fingerprint density at radius 2 is 1.33 bits per heavy atom. The summed E-state index contributed by atoms with van der Waals surface area (Å²) in [5.74, 6) is 0.390. The zero-order chi connectivity index (χ0) is 18.0. The van der Waals surface area contributed by atoms with Crippen LogP contribution in [0.15, 0.2) is 12.1 Å². The Morgan fingerprint density at radius 3 is 1.71 bits per heavy atom. The molecule has 0 saturated carbocycles. The average molecular weight is 356 g/mol. The van der Waals surface area contributed by atoms with Crippen molar-refractivity contribution in [2.45, 2.75) is 72.4 Å². The van der Waals surface area contributed by atoms with E-state index in [9.17, 15) is 9.67 Å². The van der Waals surface area contributed by atoms with Crippen LogP contribution < -0.4 is 0 Å². The Hall–Kier alpha value is -0.830. The molecule has 0 saturated heterocycles. The maximum atomic E-state index is 13.0. The van der Waals surface area contributed by atoms with Gasteiger partial charge in [0.25, 0.3) is 0 Å². The number of rotatable bonds is 12. The molecule has 0 amide bonds. The second kappa shape index (κ2) is 10.9. The van der Waals surface area contributed by atoms with Crippen molar-refractivity contribution in [3.05, 3.63) is 28.8 Å². The fraction of sp³-hybridized carbons (Fsp3) is 0.684. The van der Waals surface area contributed by atoms with Gasteiger partial charge in [-0.25, -0.2) is 0 Å². The van der Waals surface area contributed by atoms with E-state index in [0.29, 0.717) is 19.0 Å². The van der Waals surface area contributed by atoms with E-state index < -0.39 is 7.60 Å². The van der Waals surface area contributed by atoms with E-state index in [1.165, 1.54) is 0 Å². The Kier molecular flexibility index (Phi) is 9.65. The Bertz CT molecular complexity index is 503. The van der Waals surface area contributed by atoms with Crippen molar-refractivity contribution in [1.82, 2.24) is 0 Å². The summed E-state index contributed by atoms with van der Waals surface area (Å²) in [5, 5.41) is 10.4. The largest absolute Gasteiger partial charge is 0.507 e. The van der Waals surface area contributed by atoms with E-state index in [0.717, 1.165) is 55.2 Å². The number of aromatic hydroxyl groups is 1. The second-order valence-electron chi connectivity index (χ2n) is 6.20. The number of hydrogen-bond acceptors (Lipinski definition) is 4. The lowest BCUT2D eigenvalue weighted by Crippen LogP contribution is -2.03. The topological polar surface area (TPSA) is 55.8 Å². The lowest BCUT2D eigenvalue weighted by Gasteiger charge is -2.20. The highest BCUT2D eigenvalue weighted by atomic mass is 31.2. The van der Waals surface area contributed by atoms with Crippen molar-refractivity contribution in [3.63, 3.8) is 0 Å². The first-order valence-corrected chi connectivity index (χ1v) is 10.9. The molecule has 0 aliphatic carbocycles. The minimum atomic E-state index is -3.15. The molecule has 0 aliphatic rings. The van der Waals surface area contributed by atoms with Crippen molar-refractivity contribution in [1.29, 1.82) is 0 Å². The highest BCUT2D eigenvalue weighted by molar-refractivity contribution is 7.53. The van der Waals surface area contributed by atoms with Crippen LogP contribution in [0, 0.1) is 0 Å². The summed E-state index contributed by atoms with van der Waals surface area (Å²) in [6, 6.07) is 3.91. The molecule has 0 spiro atoms. The van der Waals surface area contributed by atoms with Gasteiger partial charge in [0.15, 0.2) is 0 Å². The van der Waals surface area contributed by atoms with Crippen LogP contribution in [0.2, 0.25) is 0 Å². The third kappa shape index (κ3) is 6.58. The maximum Gasteiger partial charge on any atom is 0.335 e. The standard InChI is InChI=1S/C19H33O4P/c1-5-9-17-13-16(14-18(10-6-2)19(17)20)15-24(21,22-11-7-3)23-12-8-4/h13-14,20H,5-12,15H2,1-4H3. The van der Waals surface area contributed by atoms with Gasteiger partial charge in [0.2, 0.25) is 0 Å². The van der Waals surface area contributed by atoms with Crippen LogP contribution in [0.3, 0.4) is 0 Å². The van der Waals surface area contributed by atoms with Crippen LogP contribution in [-0.4, -0.2) is 18.3 Å². The molecule has 24 heavy (non-hydrogen) atoms. The molecule has 0 fully saturated rings. The number of phenolic OH excluding ortho intramolecular Hbond substituents is 1. The molecule has 138 valence electrons. The van der Waals surface area contributed by atoms with Crippen molar-refractivity contribution in [3.8, 4) is 5.75 Å². The summed E-state index contributed by atoms with van der Waals surface area (Å²) in [6.45, 7) is 9.02. The fourth-order valence-corrected chi connectivity index (χ4v) is 4.46. The van der Waals surface area contributed by atoms with Gasteiger partial charge >= 0.3 is 7.60 Å². The molecule has 1 aromatic rings. The predicted molar refractivity (Wildman–Crippen MR) is 99.9 cm³/mol. The molecule has 0 aliphatic heterocycles. The summed E-state index contributed by atoms with van der Waals surface area (Å²) in [5.41, 5.74) is 2.78. The predicted octanol–water partition coefficient (Wildman–Crippen LogP) is 5.84. The minimum Gasteiger partial charge on any atom is -0.507 e. The van der Waals surface area contributed by atoms with Gasteiger partial charge in [-0.05, 0) is 42.4 Å². The molecule has 0 aromatic heterocycles.